The molecule has 110 valence electrons. The molecule has 1 aromatic carbocycles. The second-order valence-electron chi connectivity index (χ2n) is 5.68. The molecule has 0 atom stereocenters. The maximum atomic E-state index is 10.0. The number of likely N-dealkylation sites (tertiary alicyclic amines) is 1. The fourth-order valence-corrected chi connectivity index (χ4v) is 3.04. The van der Waals surface area contributed by atoms with Gasteiger partial charge in [-0.3, -0.25) is 4.90 Å². The van der Waals surface area contributed by atoms with Gasteiger partial charge in [-0.05, 0) is 24.1 Å². The second-order valence-corrected chi connectivity index (χ2v) is 6.09. The number of halogens is 1. The Kier molecular flexibility index (Phi) is 3.80. The summed E-state index contributed by atoms with van der Waals surface area (Å²) in [5.41, 5.74) is 0.590. The lowest BCUT2D eigenvalue weighted by Gasteiger charge is -2.46. The third kappa shape index (κ3) is 2.73. The van der Waals surface area contributed by atoms with Gasteiger partial charge >= 0.3 is 0 Å². The molecule has 3 rings (SSSR count). The summed E-state index contributed by atoms with van der Waals surface area (Å²) < 4.78 is 11.3. The Balaban J connectivity index is 1.72. The molecule has 1 aromatic rings. The predicted molar refractivity (Wildman–Crippen MR) is 77.6 cm³/mol. The van der Waals surface area contributed by atoms with E-state index >= 15 is 0 Å². The van der Waals surface area contributed by atoms with Gasteiger partial charge in [0.2, 0.25) is 0 Å². The maximum Gasteiger partial charge on any atom is 0.179 e. The molecule has 1 fully saturated rings. The van der Waals surface area contributed by atoms with E-state index < -0.39 is 5.60 Å². The molecule has 0 spiro atoms. The van der Waals surface area contributed by atoms with Gasteiger partial charge in [-0.25, -0.2) is 0 Å². The van der Waals surface area contributed by atoms with Gasteiger partial charge in [0, 0.05) is 26.1 Å². The van der Waals surface area contributed by atoms with Gasteiger partial charge < -0.3 is 14.6 Å². The monoisotopic (exact) mass is 297 g/mol. The highest BCUT2D eigenvalue weighted by Gasteiger charge is 2.39. The largest absolute Gasteiger partial charge is 0.489 e. The van der Waals surface area contributed by atoms with Crippen LogP contribution in [0.4, 0.5) is 0 Å². The summed E-state index contributed by atoms with van der Waals surface area (Å²) in [4.78, 5) is 2.21. The maximum absolute atomic E-state index is 10.0. The lowest BCUT2D eigenvalue weighted by molar-refractivity contribution is -0.103. The first-order valence-electron chi connectivity index (χ1n) is 7.12. The fraction of sp³-hybridized carbons (Fsp3) is 0.600. The van der Waals surface area contributed by atoms with Crippen LogP contribution in [0.5, 0.6) is 11.5 Å². The molecule has 1 saturated heterocycles. The van der Waals surface area contributed by atoms with Crippen molar-refractivity contribution in [1.29, 1.82) is 0 Å². The highest BCUT2D eigenvalue weighted by atomic mass is 35.5. The Bertz CT molecular complexity index is 500. The van der Waals surface area contributed by atoms with Crippen molar-refractivity contribution in [3.8, 4) is 11.5 Å². The molecule has 5 heteroatoms. The summed E-state index contributed by atoms with van der Waals surface area (Å²) in [5, 5.41) is 10.6. The molecule has 0 aromatic heterocycles. The Morgan fingerprint density at radius 1 is 1.30 bits per heavy atom. The van der Waals surface area contributed by atoms with Gasteiger partial charge in [-0.2, -0.15) is 0 Å². The average Bonchev–Trinajstić information content (AvgIpc) is 2.62. The first kappa shape index (κ1) is 14.0. The van der Waals surface area contributed by atoms with Crippen molar-refractivity contribution in [2.75, 3.05) is 26.3 Å². The number of fused-ring (bicyclic) bond motifs is 1. The van der Waals surface area contributed by atoms with Crippen LogP contribution in [0.3, 0.4) is 0 Å². The Labute approximate surface area is 124 Å². The van der Waals surface area contributed by atoms with E-state index in [1.807, 2.05) is 19.1 Å². The van der Waals surface area contributed by atoms with Crippen LogP contribution in [0.15, 0.2) is 12.1 Å². The van der Waals surface area contributed by atoms with Crippen LogP contribution >= 0.6 is 11.6 Å². The number of benzene rings is 1. The predicted octanol–water partition coefficient (Wildman–Crippen LogP) is 2.46. The molecule has 0 bridgehead atoms. The molecular weight excluding hydrogens is 278 g/mol. The number of hydrogen-bond acceptors (Lipinski definition) is 4. The highest BCUT2D eigenvalue weighted by molar-refractivity contribution is 6.32. The molecule has 0 unspecified atom stereocenters. The van der Waals surface area contributed by atoms with Crippen molar-refractivity contribution in [1.82, 2.24) is 4.90 Å². The normalized spacial score (nSPS) is 21.1. The Hall–Kier alpha value is -0.970. The van der Waals surface area contributed by atoms with Gasteiger partial charge in [0.15, 0.2) is 11.5 Å². The third-order valence-electron chi connectivity index (χ3n) is 3.96. The summed E-state index contributed by atoms with van der Waals surface area (Å²) >= 11 is 6.27. The Morgan fingerprint density at radius 3 is 2.80 bits per heavy atom. The molecule has 4 nitrogen and oxygen atoms in total. The van der Waals surface area contributed by atoms with E-state index in [9.17, 15) is 5.11 Å². The van der Waals surface area contributed by atoms with Gasteiger partial charge in [0.25, 0.3) is 0 Å². The fourth-order valence-electron chi connectivity index (χ4n) is 2.76. The minimum Gasteiger partial charge on any atom is -0.489 e. The van der Waals surface area contributed by atoms with Crippen LogP contribution in [0.1, 0.15) is 25.3 Å². The quantitative estimate of drug-likeness (QED) is 0.930. The second kappa shape index (κ2) is 5.43. The van der Waals surface area contributed by atoms with Gasteiger partial charge in [-0.15, -0.1) is 0 Å². The average molecular weight is 298 g/mol. The molecule has 0 saturated carbocycles. The number of β-amino-alcohol motifs (C(OH)–C–C–N with tert-alkyl or cyclic N) is 1. The SMILES string of the molecule is CCC1(O)CN(Cc2cc(Cl)c3c(c2)OCCCO3)C1. The van der Waals surface area contributed by atoms with Gasteiger partial charge in [0.1, 0.15) is 0 Å². The molecule has 0 aliphatic carbocycles. The summed E-state index contributed by atoms with van der Waals surface area (Å²) in [7, 11) is 0. The van der Waals surface area contributed by atoms with Crippen molar-refractivity contribution < 1.29 is 14.6 Å². The van der Waals surface area contributed by atoms with E-state index in [1.165, 1.54) is 0 Å². The lowest BCUT2D eigenvalue weighted by Crippen LogP contribution is -2.60. The van der Waals surface area contributed by atoms with Crippen molar-refractivity contribution in [3.05, 3.63) is 22.7 Å². The molecular formula is C15H20ClNO3. The van der Waals surface area contributed by atoms with E-state index in [0.717, 1.165) is 43.8 Å². The first-order valence-corrected chi connectivity index (χ1v) is 7.50. The van der Waals surface area contributed by atoms with Crippen LogP contribution in [0, 0.1) is 0 Å². The van der Waals surface area contributed by atoms with E-state index in [2.05, 4.69) is 4.90 Å². The van der Waals surface area contributed by atoms with E-state index in [4.69, 9.17) is 21.1 Å². The minimum absolute atomic E-state index is 0.505. The van der Waals surface area contributed by atoms with Crippen LogP contribution in [0.25, 0.3) is 0 Å². The number of ether oxygens (including phenoxy) is 2. The van der Waals surface area contributed by atoms with Crippen molar-refractivity contribution >= 4 is 11.6 Å². The zero-order valence-electron chi connectivity index (χ0n) is 11.7. The molecule has 1 N–H and O–H groups in total. The smallest absolute Gasteiger partial charge is 0.179 e. The zero-order valence-corrected chi connectivity index (χ0v) is 12.4. The summed E-state index contributed by atoms with van der Waals surface area (Å²) in [6.45, 7) is 5.53. The summed E-state index contributed by atoms with van der Waals surface area (Å²) in [6, 6.07) is 3.92. The molecule has 20 heavy (non-hydrogen) atoms. The Morgan fingerprint density at radius 2 is 2.05 bits per heavy atom. The van der Waals surface area contributed by atoms with E-state index in [-0.39, 0.29) is 0 Å². The number of rotatable bonds is 3. The minimum atomic E-state index is -0.505. The van der Waals surface area contributed by atoms with Crippen LogP contribution in [-0.4, -0.2) is 41.9 Å². The molecule has 0 radical (unpaired) electrons. The highest BCUT2D eigenvalue weighted by Crippen LogP contribution is 2.38. The van der Waals surface area contributed by atoms with Crippen LogP contribution < -0.4 is 9.47 Å². The molecule has 0 amide bonds. The molecule has 2 aliphatic rings. The van der Waals surface area contributed by atoms with Gasteiger partial charge in [-0.1, -0.05) is 18.5 Å². The zero-order chi connectivity index (χ0) is 14.2. The topological polar surface area (TPSA) is 41.9 Å². The number of aliphatic hydroxyl groups is 1. The van der Waals surface area contributed by atoms with Gasteiger partial charge in [0.05, 0.1) is 23.8 Å². The van der Waals surface area contributed by atoms with E-state index in [0.29, 0.717) is 24.0 Å². The van der Waals surface area contributed by atoms with Crippen molar-refractivity contribution in [2.45, 2.75) is 31.9 Å². The first-order chi connectivity index (χ1) is 9.59. The van der Waals surface area contributed by atoms with E-state index in [1.54, 1.807) is 0 Å². The number of nitrogens with zero attached hydrogens (tertiary/aromatic N) is 1. The summed E-state index contributed by atoms with van der Waals surface area (Å²) in [5.74, 6) is 1.39. The van der Waals surface area contributed by atoms with Crippen LogP contribution in [0.2, 0.25) is 5.02 Å². The van der Waals surface area contributed by atoms with Crippen molar-refractivity contribution in [2.24, 2.45) is 0 Å². The van der Waals surface area contributed by atoms with Crippen LogP contribution in [-0.2, 0) is 6.54 Å². The lowest BCUT2D eigenvalue weighted by atomic mass is 9.91. The standard InChI is InChI=1S/C15H20ClNO3/c1-2-15(18)9-17(10-15)8-11-6-12(16)14-13(7-11)19-4-3-5-20-14/h6-7,18H,2-5,8-10H2,1H3. The molecule has 2 heterocycles. The number of hydrogen-bond donors (Lipinski definition) is 1. The third-order valence-corrected chi connectivity index (χ3v) is 4.24. The van der Waals surface area contributed by atoms with Crippen molar-refractivity contribution in [3.63, 3.8) is 0 Å². The molecule has 2 aliphatic heterocycles. The summed E-state index contributed by atoms with van der Waals surface area (Å²) in [6.07, 6.45) is 1.67.